The van der Waals surface area contributed by atoms with Crippen molar-refractivity contribution in [1.82, 2.24) is 4.90 Å². The molecule has 2 rings (SSSR count). The molecule has 1 aliphatic heterocycles. The Kier molecular flexibility index (Phi) is 6.06. The predicted octanol–water partition coefficient (Wildman–Crippen LogP) is 3.19. The number of benzene rings is 1. The zero-order valence-electron chi connectivity index (χ0n) is 13.4. The van der Waals surface area contributed by atoms with Crippen LogP contribution in [0.5, 0.6) is 0 Å². The molecular formula is C17H25F3N2O. The zero-order chi connectivity index (χ0) is 17.0. The van der Waals surface area contributed by atoms with Crippen LogP contribution < -0.4 is 5.73 Å². The molecule has 0 aromatic heterocycles. The van der Waals surface area contributed by atoms with Crippen molar-refractivity contribution in [1.29, 1.82) is 0 Å². The SMILES string of the molecule is CC(CCN)N1CCC(C(O)c2ccc(C(F)(F)F)cc2)CC1. The van der Waals surface area contributed by atoms with Crippen LogP contribution in [0, 0.1) is 5.92 Å². The summed E-state index contributed by atoms with van der Waals surface area (Å²) in [6.07, 6.45) is -2.40. The smallest absolute Gasteiger partial charge is 0.388 e. The van der Waals surface area contributed by atoms with Crippen molar-refractivity contribution < 1.29 is 18.3 Å². The number of nitrogens with zero attached hydrogens (tertiary/aromatic N) is 1. The Morgan fingerprint density at radius 1 is 1.22 bits per heavy atom. The van der Waals surface area contributed by atoms with Crippen LogP contribution in [0.1, 0.15) is 43.4 Å². The molecule has 2 atom stereocenters. The van der Waals surface area contributed by atoms with Gasteiger partial charge in [-0.25, -0.2) is 0 Å². The van der Waals surface area contributed by atoms with Crippen LogP contribution in [0.3, 0.4) is 0 Å². The molecular weight excluding hydrogens is 305 g/mol. The number of alkyl halides is 3. The van der Waals surface area contributed by atoms with Crippen molar-refractivity contribution in [3.63, 3.8) is 0 Å². The van der Waals surface area contributed by atoms with Gasteiger partial charge in [0.2, 0.25) is 0 Å². The fourth-order valence-corrected chi connectivity index (χ4v) is 3.24. The third kappa shape index (κ3) is 4.68. The van der Waals surface area contributed by atoms with E-state index in [9.17, 15) is 18.3 Å². The van der Waals surface area contributed by atoms with Gasteiger partial charge in [0.05, 0.1) is 11.7 Å². The molecule has 0 amide bonds. The van der Waals surface area contributed by atoms with Gasteiger partial charge in [-0.3, -0.25) is 0 Å². The van der Waals surface area contributed by atoms with Crippen molar-refractivity contribution in [2.45, 2.75) is 44.5 Å². The summed E-state index contributed by atoms with van der Waals surface area (Å²) in [6.45, 7) is 4.60. The maximum absolute atomic E-state index is 12.6. The van der Waals surface area contributed by atoms with Gasteiger partial charge in [-0.15, -0.1) is 0 Å². The summed E-state index contributed by atoms with van der Waals surface area (Å²) < 4.78 is 37.7. The highest BCUT2D eigenvalue weighted by Crippen LogP contribution is 2.34. The summed E-state index contributed by atoms with van der Waals surface area (Å²) >= 11 is 0. The number of rotatable bonds is 5. The Bertz CT molecular complexity index is 482. The molecule has 1 saturated heterocycles. The minimum absolute atomic E-state index is 0.0908. The van der Waals surface area contributed by atoms with Crippen molar-refractivity contribution in [2.24, 2.45) is 11.7 Å². The van der Waals surface area contributed by atoms with Gasteiger partial charge in [-0.05, 0) is 69.4 Å². The van der Waals surface area contributed by atoms with E-state index in [1.165, 1.54) is 12.1 Å². The van der Waals surface area contributed by atoms with Gasteiger partial charge >= 0.3 is 6.18 Å². The normalized spacial score (nSPS) is 20.4. The molecule has 6 heteroatoms. The molecule has 1 heterocycles. The second-order valence-corrected chi connectivity index (χ2v) is 6.36. The monoisotopic (exact) mass is 330 g/mol. The largest absolute Gasteiger partial charge is 0.416 e. The maximum atomic E-state index is 12.6. The molecule has 130 valence electrons. The van der Waals surface area contributed by atoms with Crippen molar-refractivity contribution in [2.75, 3.05) is 19.6 Å². The lowest BCUT2D eigenvalue weighted by Gasteiger charge is -2.37. The van der Waals surface area contributed by atoms with E-state index in [2.05, 4.69) is 11.8 Å². The van der Waals surface area contributed by atoms with E-state index in [0.717, 1.165) is 44.5 Å². The average molecular weight is 330 g/mol. The molecule has 0 aliphatic carbocycles. The van der Waals surface area contributed by atoms with E-state index in [1.807, 2.05) is 0 Å². The first kappa shape index (κ1) is 18.2. The molecule has 3 N–H and O–H groups in total. The van der Waals surface area contributed by atoms with Crippen LogP contribution in [-0.2, 0) is 6.18 Å². The summed E-state index contributed by atoms with van der Waals surface area (Å²) in [5.41, 5.74) is 5.46. The number of likely N-dealkylation sites (tertiary alicyclic amines) is 1. The van der Waals surface area contributed by atoms with Crippen molar-refractivity contribution in [3.8, 4) is 0 Å². The second-order valence-electron chi connectivity index (χ2n) is 6.36. The summed E-state index contributed by atoms with van der Waals surface area (Å²) in [5, 5.41) is 10.4. The van der Waals surface area contributed by atoms with E-state index >= 15 is 0 Å². The van der Waals surface area contributed by atoms with Crippen LogP contribution in [0.2, 0.25) is 0 Å². The maximum Gasteiger partial charge on any atom is 0.416 e. The predicted molar refractivity (Wildman–Crippen MR) is 83.8 cm³/mol. The molecule has 1 aliphatic rings. The lowest BCUT2D eigenvalue weighted by molar-refractivity contribution is -0.137. The molecule has 0 spiro atoms. The number of hydrogen-bond donors (Lipinski definition) is 2. The Morgan fingerprint density at radius 2 is 1.78 bits per heavy atom. The van der Waals surface area contributed by atoms with Crippen molar-refractivity contribution in [3.05, 3.63) is 35.4 Å². The highest BCUT2D eigenvalue weighted by atomic mass is 19.4. The van der Waals surface area contributed by atoms with E-state index in [0.29, 0.717) is 18.2 Å². The first-order valence-corrected chi connectivity index (χ1v) is 8.12. The number of nitrogens with two attached hydrogens (primary N) is 1. The molecule has 0 radical (unpaired) electrons. The van der Waals surface area contributed by atoms with Gasteiger partial charge in [0, 0.05) is 6.04 Å². The summed E-state index contributed by atoms with van der Waals surface area (Å²) in [4.78, 5) is 2.36. The van der Waals surface area contributed by atoms with Gasteiger partial charge in [0.1, 0.15) is 0 Å². The third-order valence-corrected chi connectivity index (χ3v) is 4.81. The first-order valence-electron chi connectivity index (χ1n) is 8.12. The standard InChI is InChI=1S/C17H25F3N2O/c1-12(6-9-21)22-10-7-14(8-11-22)16(23)13-2-4-15(5-3-13)17(18,19)20/h2-5,12,14,16,23H,6-11,21H2,1H3. The number of piperidine rings is 1. The number of aliphatic hydroxyl groups is 1. The number of halogens is 3. The van der Waals surface area contributed by atoms with Crippen LogP contribution in [-0.4, -0.2) is 35.7 Å². The van der Waals surface area contributed by atoms with Crippen LogP contribution in [0.4, 0.5) is 13.2 Å². The third-order valence-electron chi connectivity index (χ3n) is 4.81. The van der Waals surface area contributed by atoms with Gasteiger partial charge in [-0.2, -0.15) is 13.2 Å². The van der Waals surface area contributed by atoms with E-state index in [1.54, 1.807) is 0 Å². The topological polar surface area (TPSA) is 49.5 Å². The Hall–Kier alpha value is -1.11. The van der Waals surface area contributed by atoms with E-state index in [4.69, 9.17) is 5.73 Å². The van der Waals surface area contributed by atoms with Gasteiger partial charge in [0.15, 0.2) is 0 Å². The van der Waals surface area contributed by atoms with Crippen molar-refractivity contribution >= 4 is 0 Å². The fourth-order valence-electron chi connectivity index (χ4n) is 3.24. The van der Waals surface area contributed by atoms with Crippen LogP contribution in [0.25, 0.3) is 0 Å². The molecule has 1 aromatic rings. The van der Waals surface area contributed by atoms with E-state index in [-0.39, 0.29) is 5.92 Å². The molecule has 23 heavy (non-hydrogen) atoms. The van der Waals surface area contributed by atoms with Gasteiger partial charge < -0.3 is 15.7 Å². The average Bonchev–Trinajstić information content (AvgIpc) is 2.54. The molecule has 3 nitrogen and oxygen atoms in total. The van der Waals surface area contributed by atoms with Gasteiger partial charge in [-0.1, -0.05) is 12.1 Å². The van der Waals surface area contributed by atoms with E-state index < -0.39 is 17.8 Å². The molecule has 1 fully saturated rings. The summed E-state index contributed by atoms with van der Waals surface area (Å²) in [5.74, 6) is 0.0908. The summed E-state index contributed by atoms with van der Waals surface area (Å²) in [6, 6.07) is 5.28. The lowest BCUT2D eigenvalue weighted by Crippen LogP contribution is -2.41. The lowest BCUT2D eigenvalue weighted by atomic mass is 9.86. The molecule has 0 saturated carbocycles. The minimum Gasteiger partial charge on any atom is -0.388 e. The van der Waals surface area contributed by atoms with Gasteiger partial charge in [0.25, 0.3) is 0 Å². The second kappa shape index (κ2) is 7.64. The Labute approximate surface area is 135 Å². The number of aliphatic hydroxyl groups excluding tert-OH is 1. The highest BCUT2D eigenvalue weighted by molar-refractivity contribution is 5.26. The molecule has 2 unspecified atom stereocenters. The zero-order valence-corrected chi connectivity index (χ0v) is 13.4. The minimum atomic E-state index is -4.34. The Morgan fingerprint density at radius 3 is 2.26 bits per heavy atom. The summed E-state index contributed by atoms with van der Waals surface area (Å²) in [7, 11) is 0. The quantitative estimate of drug-likeness (QED) is 0.872. The van der Waals surface area contributed by atoms with Crippen LogP contribution >= 0.6 is 0 Å². The molecule has 0 bridgehead atoms. The molecule has 1 aromatic carbocycles. The first-order chi connectivity index (χ1) is 10.8. The number of hydrogen-bond acceptors (Lipinski definition) is 3. The Balaban J connectivity index is 1.93. The highest BCUT2D eigenvalue weighted by Gasteiger charge is 2.31. The fraction of sp³-hybridized carbons (Fsp3) is 0.647. The van der Waals surface area contributed by atoms with Crippen LogP contribution in [0.15, 0.2) is 24.3 Å².